The Kier molecular flexibility index (Phi) is 5.30. The van der Waals surface area contributed by atoms with E-state index in [4.69, 9.17) is 0 Å². The van der Waals surface area contributed by atoms with Crippen molar-refractivity contribution in [1.82, 2.24) is 10.6 Å². The predicted molar refractivity (Wildman–Crippen MR) is 51.4 cm³/mol. The number of carbonyl (C=O) groups is 2. The second kappa shape index (κ2) is 5.70. The summed E-state index contributed by atoms with van der Waals surface area (Å²) in [5.41, 5.74) is 0. The molecule has 0 aliphatic carbocycles. The van der Waals surface area contributed by atoms with Gasteiger partial charge in [-0.1, -0.05) is 13.8 Å². The van der Waals surface area contributed by atoms with Crippen molar-refractivity contribution in [2.45, 2.75) is 32.9 Å². The van der Waals surface area contributed by atoms with Crippen molar-refractivity contribution >= 4 is 12.2 Å². The van der Waals surface area contributed by atoms with Gasteiger partial charge in [-0.25, -0.2) is 0 Å². The summed E-state index contributed by atoms with van der Waals surface area (Å²) in [4.78, 5) is 21.7. The van der Waals surface area contributed by atoms with Crippen LogP contribution in [0.3, 0.4) is 0 Å². The summed E-state index contributed by atoms with van der Waals surface area (Å²) in [6.45, 7) is 5.55. The lowest BCUT2D eigenvalue weighted by Crippen LogP contribution is -2.48. The fourth-order valence-corrected chi connectivity index (χ4v) is 1.12. The third kappa shape index (κ3) is 4.03. The lowest BCUT2D eigenvalue weighted by molar-refractivity contribution is -0.126. The number of hydrogen-bond donors (Lipinski definition) is 2. The Labute approximate surface area is 79.1 Å². The second-order valence-corrected chi connectivity index (χ2v) is 3.44. The molecule has 0 radical (unpaired) electrons. The fourth-order valence-electron chi connectivity index (χ4n) is 1.12. The molecule has 1 amide bonds. The molecule has 1 unspecified atom stereocenters. The molecule has 0 aromatic heterocycles. The molecule has 2 atom stereocenters. The van der Waals surface area contributed by atoms with Crippen molar-refractivity contribution in [2.75, 3.05) is 7.05 Å². The number of nitrogens with one attached hydrogen (secondary N) is 2. The molecular weight excluding hydrogens is 168 g/mol. The highest BCUT2D eigenvalue weighted by Crippen LogP contribution is 2.00. The first-order valence-corrected chi connectivity index (χ1v) is 4.45. The lowest BCUT2D eigenvalue weighted by Gasteiger charge is -2.20. The lowest BCUT2D eigenvalue weighted by atomic mass is 10.0. The van der Waals surface area contributed by atoms with E-state index in [9.17, 15) is 9.59 Å². The first-order chi connectivity index (χ1) is 6.02. The van der Waals surface area contributed by atoms with Crippen LogP contribution in [0, 0.1) is 5.92 Å². The van der Waals surface area contributed by atoms with Crippen LogP contribution in [0.25, 0.3) is 0 Å². The van der Waals surface area contributed by atoms with Gasteiger partial charge < -0.3 is 15.4 Å². The van der Waals surface area contributed by atoms with E-state index in [1.54, 1.807) is 14.0 Å². The normalized spacial score (nSPS) is 15.2. The van der Waals surface area contributed by atoms with Gasteiger partial charge in [-0.05, 0) is 19.9 Å². The highest BCUT2D eigenvalue weighted by atomic mass is 16.2. The van der Waals surface area contributed by atoms with E-state index in [-0.39, 0.29) is 17.9 Å². The van der Waals surface area contributed by atoms with Gasteiger partial charge in [0.15, 0.2) is 0 Å². The molecule has 4 nitrogen and oxygen atoms in total. The molecule has 0 rings (SSSR count). The van der Waals surface area contributed by atoms with Crippen LogP contribution in [-0.4, -0.2) is 31.3 Å². The number of carbonyl (C=O) groups excluding carboxylic acids is 2. The quantitative estimate of drug-likeness (QED) is 0.591. The van der Waals surface area contributed by atoms with E-state index in [0.717, 1.165) is 0 Å². The third-order valence-electron chi connectivity index (χ3n) is 1.83. The Morgan fingerprint density at radius 3 is 2.15 bits per heavy atom. The first-order valence-electron chi connectivity index (χ1n) is 4.45. The van der Waals surface area contributed by atoms with Gasteiger partial charge >= 0.3 is 0 Å². The maximum Gasteiger partial charge on any atom is 0.237 e. The van der Waals surface area contributed by atoms with Crippen LogP contribution in [0.15, 0.2) is 0 Å². The summed E-state index contributed by atoms with van der Waals surface area (Å²) < 4.78 is 0. The molecule has 0 heterocycles. The minimum atomic E-state index is -0.415. The molecule has 13 heavy (non-hydrogen) atoms. The topological polar surface area (TPSA) is 58.2 Å². The van der Waals surface area contributed by atoms with Crippen molar-refractivity contribution in [1.29, 1.82) is 0 Å². The van der Waals surface area contributed by atoms with Crippen molar-refractivity contribution in [3.63, 3.8) is 0 Å². The Morgan fingerprint density at radius 1 is 1.31 bits per heavy atom. The third-order valence-corrected chi connectivity index (χ3v) is 1.83. The zero-order valence-corrected chi connectivity index (χ0v) is 8.63. The molecule has 0 bridgehead atoms. The molecule has 0 saturated carbocycles. The van der Waals surface area contributed by atoms with Crippen LogP contribution in [0.1, 0.15) is 20.8 Å². The molecule has 0 fully saturated rings. The molecule has 0 aliphatic heterocycles. The van der Waals surface area contributed by atoms with E-state index in [2.05, 4.69) is 10.6 Å². The number of likely N-dealkylation sites (N-methyl/N-ethyl adjacent to an activating group) is 1. The van der Waals surface area contributed by atoms with Crippen LogP contribution in [0.5, 0.6) is 0 Å². The first kappa shape index (κ1) is 12.1. The van der Waals surface area contributed by atoms with Crippen molar-refractivity contribution < 1.29 is 9.59 Å². The van der Waals surface area contributed by atoms with Crippen LogP contribution >= 0.6 is 0 Å². The summed E-state index contributed by atoms with van der Waals surface area (Å²) >= 11 is 0. The van der Waals surface area contributed by atoms with Gasteiger partial charge in [0.1, 0.15) is 6.29 Å². The second-order valence-electron chi connectivity index (χ2n) is 3.44. The van der Waals surface area contributed by atoms with Gasteiger partial charge in [0.25, 0.3) is 0 Å². The van der Waals surface area contributed by atoms with Crippen molar-refractivity contribution in [2.24, 2.45) is 5.92 Å². The Bertz CT molecular complexity index is 180. The molecular formula is C9H18N2O2. The molecule has 76 valence electrons. The average molecular weight is 186 g/mol. The average Bonchev–Trinajstić information content (AvgIpc) is 2.04. The Morgan fingerprint density at radius 2 is 1.85 bits per heavy atom. The maximum atomic E-state index is 11.5. The molecule has 4 heteroatoms. The fraction of sp³-hybridized carbons (Fsp3) is 0.778. The smallest absolute Gasteiger partial charge is 0.237 e. The molecule has 0 aromatic carbocycles. The van der Waals surface area contributed by atoms with Gasteiger partial charge in [-0.2, -0.15) is 0 Å². The van der Waals surface area contributed by atoms with Gasteiger partial charge in [0, 0.05) is 0 Å². The van der Waals surface area contributed by atoms with Crippen LogP contribution in [-0.2, 0) is 9.59 Å². The van der Waals surface area contributed by atoms with Gasteiger partial charge in [-0.3, -0.25) is 4.79 Å². The summed E-state index contributed by atoms with van der Waals surface area (Å²) in [7, 11) is 1.73. The monoisotopic (exact) mass is 186 g/mol. The van der Waals surface area contributed by atoms with Crippen LogP contribution in [0.2, 0.25) is 0 Å². The summed E-state index contributed by atoms with van der Waals surface area (Å²) in [6.07, 6.45) is 0.713. The SMILES string of the molecule is CNC(C(=O)N[C@@H](C)C=O)C(C)C. The predicted octanol–water partition coefficient (Wildman–Crippen LogP) is -0.0660. The summed E-state index contributed by atoms with van der Waals surface area (Å²) in [5, 5.41) is 5.50. The van der Waals surface area contributed by atoms with Gasteiger partial charge in [0.05, 0.1) is 12.1 Å². The van der Waals surface area contributed by atoms with Crippen LogP contribution in [0.4, 0.5) is 0 Å². The molecule has 0 saturated heterocycles. The largest absolute Gasteiger partial charge is 0.346 e. The zero-order chi connectivity index (χ0) is 10.4. The summed E-state index contributed by atoms with van der Waals surface area (Å²) in [5.74, 6) is 0.0842. The molecule has 0 aliphatic rings. The Balaban J connectivity index is 4.13. The standard InChI is InChI=1S/C9H18N2O2/c1-6(2)8(10-4)9(13)11-7(3)5-12/h5-8,10H,1-4H3,(H,11,13)/t7-,8?/m0/s1. The van der Waals surface area contributed by atoms with E-state index in [1.165, 1.54) is 0 Å². The van der Waals surface area contributed by atoms with E-state index >= 15 is 0 Å². The number of hydrogen-bond acceptors (Lipinski definition) is 3. The molecule has 2 N–H and O–H groups in total. The van der Waals surface area contributed by atoms with Crippen molar-refractivity contribution in [3.05, 3.63) is 0 Å². The van der Waals surface area contributed by atoms with E-state index < -0.39 is 6.04 Å². The van der Waals surface area contributed by atoms with Gasteiger partial charge in [-0.15, -0.1) is 0 Å². The highest BCUT2D eigenvalue weighted by molar-refractivity contribution is 5.84. The minimum Gasteiger partial charge on any atom is -0.346 e. The zero-order valence-electron chi connectivity index (χ0n) is 8.63. The minimum absolute atomic E-state index is 0.128. The summed E-state index contributed by atoms with van der Waals surface area (Å²) in [6, 6.07) is -0.649. The Hall–Kier alpha value is -0.900. The van der Waals surface area contributed by atoms with E-state index in [1.807, 2.05) is 13.8 Å². The number of rotatable bonds is 5. The molecule has 0 aromatic rings. The van der Waals surface area contributed by atoms with Crippen molar-refractivity contribution in [3.8, 4) is 0 Å². The molecule has 0 spiro atoms. The van der Waals surface area contributed by atoms with E-state index in [0.29, 0.717) is 6.29 Å². The van der Waals surface area contributed by atoms with Gasteiger partial charge in [0.2, 0.25) is 5.91 Å². The maximum absolute atomic E-state index is 11.5. The number of aldehydes is 1. The number of amides is 1. The van der Waals surface area contributed by atoms with Crippen LogP contribution < -0.4 is 10.6 Å². The highest BCUT2D eigenvalue weighted by Gasteiger charge is 2.20.